The fourth-order valence-electron chi connectivity index (χ4n) is 10.4. The lowest BCUT2D eigenvalue weighted by Crippen LogP contribution is -2.41. The van der Waals surface area contributed by atoms with Gasteiger partial charge in [-0.3, -0.25) is 38.4 Å². The molecule has 422 valence electrons. The van der Waals surface area contributed by atoms with Crippen molar-refractivity contribution in [3.63, 3.8) is 0 Å². The average Bonchev–Trinajstić information content (AvgIpc) is 3.36. The molecule has 2 amide bonds. The van der Waals surface area contributed by atoms with Gasteiger partial charge in [0.1, 0.15) is 26.3 Å². The predicted molar refractivity (Wildman–Crippen MR) is 302 cm³/mol. The Bertz CT molecular complexity index is 4450. The van der Waals surface area contributed by atoms with E-state index in [0.717, 1.165) is 5.56 Å². The highest BCUT2D eigenvalue weighted by Gasteiger charge is 2.39. The fourth-order valence-corrected chi connectivity index (χ4v) is 11.1. The second-order valence-corrected chi connectivity index (χ2v) is 20.9. The SMILES string of the molecule is Cc1c(-c2ccc(C(=O)NCCO[P+](O)(O)OCCNC(=O)c3ccc(-c4c(C)c(C(=O)C5C=Cc6c([nH]c(=O)n(CC(=O)O)c6=O)C5)n5ccccc45)cc3)cc2)c2ccccn2c1C(=O)c1ccc2c(=O)n(CC(=O)O)c(=O)[nH]c2c1. The lowest BCUT2D eigenvalue weighted by molar-refractivity contribution is -0.138. The Labute approximate surface area is 467 Å². The summed E-state index contributed by atoms with van der Waals surface area (Å²) in [6, 6.07) is 28.2. The van der Waals surface area contributed by atoms with E-state index in [2.05, 4.69) is 20.6 Å². The van der Waals surface area contributed by atoms with Crippen LogP contribution in [0.1, 0.15) is 69.6 Å². The van der Waals surface area contributed by atoms with Gasteiger partial charge in [0.05, 0.1) is 38.9 Å². The number of benzene rings is 3. The van der Waals surface area contributed by atoms with E-state index in [1.807, 2.05) is 24.3 Å². The third-order valence-corrected chi connectivity index (χ3v) is 15.2. The molecule has 24 nitrogen and oxygen atoms in total. The number of hydrogen-bond acceptors (Lipinski definition) is 14. The molecule has 25 heteroatoms. The minimum absolute atomic E-state index is 0.00564. The van der Waals surface area contributed by atoms with E-state index >= 15 is 0 Å². The third-order valence-electron chi connectivity index (χ3n) is 14.2. The van der Waals surface area contributed by atoms with Crippen LogP contribution in [0.2, 0.25) is 0 Å². The lowest BCUT2D eigenvalue weighted by Gasteiger charge is -2.19. The summed E-state index contributed by atoms with van der Waals surface area (Å²) in [6.45, 7) is 0.990. The minimum atomic E-state index is -4.37. The molecule has 6 heterocycles. The number of ketones is 2. The van der Waals surface area contributed by atoms with Gasteiger partial charge in [0.2, 0.25) is 5.78 Å². The molecule has 9 aromatic rings. The van der Waals surface area contributed by atoms with Crippen molar-refractivity contribution in [3.05, 3.63) is 214 Å². The van der Waals surface area contributed by atoms with E-state index in [-0.39, 0.29) is 77.4 Å². The number of rotatable bonds is 20. The molecule has 0 radical (unpaired) electrons. The predicted octanol–water partition coefficient (Wildman–Crippen LogP) is 4.32. The molecule has 83 heavy (non-hydrogen) atoms. The first-order valence-electron chi connectivity index (χ1n) is 25.6. The zero-order valence-electron chi connectivity index (χ0n) is 44.1. The highest BCUT2D eigenvalue weighted by Crippen LogP contribution is 2.52. The van der Waals surface area contributed by atoms with Crippen LogP contribution in [0, 0.1) is 19.8 Å². The van der Waals surface area contributed by atoms with Gasteiger partial charge in [-0.1, -0.05) is 54.6 Å². The monoisotopic (exact) mass is 1150 g/mol. The largest absolute Gasteiger partial charge is 0.570 e. The maximum atomic E-state index is 14.2. The number of carboxylic acid groups (broad SMARTS) is 2. The molecule has 1 aliphatic rings. The van der Waals surface area contributed by atoms with E-state index in [1.54, 1.807) is 102 Å². The van der Waals surface area contributed by atoms with Crippen molar-refractivity contribution in [2.24, 2.45) is 5.92 Å². The molecule has 0 saturated carbocycles. The molecule has 10 rings (SSSR count). The molecule has 1 unspecified atom stereocenters. The molecule has 1 atom stereocenters. The average molecular weight is 1150 g/mol. The van der Waals surface area contributed by atoms with E-state index < -0.39 is 79.2 Å². The summed E-state index contributed by atoms with van der Waals surface area (Å²) in [5, 5.41) is 23.6. The molecule has 0 bridgehead atoms. The Kier molecular flexibility index (Phi) is 15.5. The molecule has 0 spiro atoms. The lowest BCUT2D eigenvalue weighted by atomic mass is 9.88. The standard InChI is InChI=1S/C58H49N8O16P/c1-31-47(43-7-3-5-23-63(43)49(31)51(71)37-17-19-39-41(27-37)61-57(77)65(55(39)75)29-45(67)68)33-9-13-35(14-10-33)53(73)59-21-25-81-83(79,80)82-26-22-60-54(74)36-15-11-34(12-16-36)48-32(2)50(64-24-6-4-8-44(48)64)52(72)38-18-20-40-42(28-38)62-58(78)66(56(40)76)30-46(69)70/h3-20,23-24,27,38,79-80H,21-22,25-26,28-30H2,1-2H3,(H5-,59,60,61,62,67,68,69,70,73,74,75,76,77,78)/p+1. The second-order valence-electron chi connectivity index (χ2n) is 19.4. The number of amides is 2. The number of fused-ring (bicyclic) bond motifs is 4. The van der Waals surface area contributed by atoms with Crippen LogP contribution in [0.3, 0.4) is 0 Å². The summed E-state index contributed by atoms with van der Waals surface area (Å²) in [6.07, 6.45) is 6.47. The van der Waals surface area contributed by atoms with Crippen LogP contribution in [-0.4, -0.2) is 110 Å². The summed E-state index contributed by atoms with van der Waals surface area (Å²) < 4.78 is 14.9. The molecule has 8 N–H and O–H groups in total. The Morgan fingerprint density at radius 3 is 1.66 bits per heavy atom. The zero-order chi connectivity index (χ0) is 59.0. The fraction of sp³-hybridized carbons (Fsp3) is 0.172. The van der Waals surface area contributed by atoms with Gasteiger partial charge in [0, 0.05) is 71.3 Å². The molecule has 3 aromatic carbocycles. The molecule has 1 aliphatic carbocycles. The van der Waals surface area contributed by atoms with Gasteiger partial charge in [-0.05, 0) is 96.8 Å². The van der Waals surface area contributed by atoms with Gasteiger partial charge in [-0.2, -0.15) is 18.8 Å². The normalized spacial score (nSPS) is 13.1. The number of pyridine rings is 2. The Hall–Kier alpha value is -9.97. The Morgan fingerprint density at radius 2 is 1.12 bits per heavy atom. The van der Waals surface area contributed by atoms with E-state index in [0.29, 0.717) is 59.4 Å². The Balaban J connectivity index is 0.709. The molecule has 0 saturated heterocycles. The van der Waals surface area contributed by atoms with E-state index in [1.165, 1.54) is 24.3 Å². The summed E-state index contributed by atoms with van der Waals surface area (Å²) >= 11 is 0. The number of Topliss-reactive ketones (excluding diaryl/α,β-unsaturated/α-hetero) is 1. The number of carbonyl (C=O) groups excluding carboxylic acids is 4. The first kappa shape index (κ1) is 56.3. The van der Waals surface area contributed by atoms with Crippen LogP contribution < -0.4 is 33.1 Å². The third kappa shape index (κ3) is 11.1. The highest BCUT2D eigenvalue weighted by molar-refractivity contribution is 7.54. The van der Waals surface area contributed by atoms with Crippen molar-refractivity contribution in [2.75, 3.05) is 26.3 Å². The maximum absolute atomic E-state index is 14.2. The Morgan fingerprint density at radius 1 is 0.627 bits per heavy atom. The quantitative estimate of drug-likeness (QED) is 0.0299. The minimum Gasteiger partial charge on any atom is -0.480 e. The van der Waals surface area contributed by atoms with E-state index in [9.17, 15) is 57.7 Å². The second kappa shape index (κ2) is 22.9. The highest BCUT2D eigenvalue weighted by atomic mass is 31.2. The van der Waals surface area contributed by atoms with Crippen LogP contribution in [0.5, 0.6) is 0 Å². The summed E-state index contributed by atoms with van der Waals surface area (Å²) in [5.41, 5.74) is 3.83. The molecular weight excluding hydrogens is 1100 g/mol. The van der Waals surface area contributed by atoms with Crippen molar-refractivity contribution in [1.82, 2.24) is 38.5 Å². The number of allylic oxidation sites excluding steroid dienone is 1. The van der Waals surface area contributed by atoms with Crippen molar-refractivity contribution in [3.8, 4) is 22.3 Å². The van der Waals surface area contributed by atoms with Crippen molar-refractivity contribution in [1.29, 1.82) is 0 Å². The maximum Gasteiger partial charge on any atom is 0.570 e. The van der Waals surface area contributed by atoms with Crippen LogP contribution >= 0.6 is 8.17 Å². The van der Waals surface area contributed by atoms with Gasteiger partial charge in [0.25, 0.3) is 22.9 Å². The number of H-pyrrole nitrogens is 2. The van der Waals surface area contributed by atoms with Crippen LogP contribution in [0.15, 0.2) is 141 Å². The molecule has 0 aliphatic heterocycles. The molecule has 6 aromatic heterocycles. The van der Waals surface area contributed by atoms with Crippen LogP contribution in [0.4, 0.5) is 0 Å². The van der Waals surface area contributed by atoms with Gasteiger partial charge >= 0.3 is 31.5 Å². The summed E-state index contributed by atoms with van der Waals surface area (Å²) in [7, 11) is -4.37. The number of nitrogens with zero attached hydrogens (tertiary/aromatic N) is 4. The smallest absolute Gasteiger partial charge is 0.480 e. The van der Waals surface area contributed by atoms with Crippen molar-refractivity contribution in [2.45, 2.75) is 33.4 Å². The number of carboxylic acids is 2. The number of aromatic amines is 2. The van der Waals surface area contributed by atoms with E-state index in [4.69, 9.17) is 19.3 Å². The van der Waals surface area contributed by atoms with Crippen molar-refractivity contribution < 1.29 is 57.8 Å². The van der Waals surface area contributed by atoms with Crippen LogP contribution in [-0.2, 0) is 38.1 Å². The number of aromatic nitrogens is 6. The van der Waals surface area contributed by atoms with Gasteiger partial charge in [-0.25, -0.2) is 18.7 Å². The number of hydrogen-bond donors (Lipinski definition) is 8. The van der Waals surface area contributed by atoms with Crippen molar-refractivity contribution >= 4 is 71.5 Å². The van der Waals surface area contributed by atoms with Gasteiger partial charge in [-0.15, -0.1) is 0 Å². The number of aliphatic carboxylic acids is 2. The first-order chi connectivity index (χ1) is 39.7. The number of carbonyl (C=O) groups is 6. The zero-order valence-corrected chi connectivity index (χ0v) is 45.0. The molecular formula is C58H50N8O16P+. The molecule has 0 fully saturated rings. The topological polar surface area (TPSA) is 344 Å². The van der Waals surface area contributed by atoms with Gasteiger partial charge in [0.15, 0.2) is 5.78 Å². The first-order valence-corrected chi connectivity index (χ1v) is 27.2. The number of nitrogens with one attached hydrogen (secondary N) is 4. The summed E-state index contributed by atoms with van der Waals surface area (Å²) in [5.74, 6) is -5.16. The van der Waals surface area contributed by atoms with Crippen LogP contribution in [0.25, 0.3) is 50.3 Å². The summed E-state index contributed by atoms with van der Waals surface area (Å²) in [4.78, 5) is 154. The van der Waals surface area contributed by atoms with Gasteiger partial charge < -0.3 is 39.6 Å².